The number of rotatable bonds is 2. The van der Waals surface area contributed by atoms with Gasteiger partial charge in [0.05, 0.1) is 0 Å². The van der Waals surface area contributed by atoms with Gasteiger partial charge < -0.3 is 20.7 Å². The average Bonchev–Trinajstić information content (AvgIpc) is 2.52. The van der Waals surface area contributed by atoms with Gasteiger partial charge in [-0.25, -0.2) is 0 Å². The van der Waals surface area contributed by atoms with Crippen molar-refractivity contribution < 1.29 is 9.26 Å². The van der Waals surface area contributed by atoms with Gasteiger partial charge in [-0.3, -0.25) is 0 Å². The Morgan fingerprint density at radius 3 is 2.43 bits per heavy atom. The molecule has 14 heavy (non-hydrogen) atoms. The van der Waals surface area contributed by atoms with Gasteiger partial charge in [-0.15, -0.1) is 0 Å². The number of nitrogens with zero attached hydrogens (tertiary/aromatic N) is 1. The second-order valence-electron chi connectivity index (χ2n) is 2.68. The van der Waals surface area contributed by atoms with E-state index in [1.807, 2.05) is 18.2 Å². The van der Waals surface area contributed by atoms with Crippen molar-refractivity contribution in [1.29, 1.82) is 0 Å². The zero-order valence-corrected chi connectivity index (χ0v) is 7.31. The Morgan fingerprint density at radius 1 is 1.14 bits per heavy atom. The summed E-state index contributed by atoms with van der Waals surface area (Å²) in [5, 5.41) is 3.56. The van der Waals surface area contributed by atoms with Gasteiger partial charge in [-0.2, -0.15) is 0 Å². The van der Waals surface area contributed by atoms with E-state index in [9.17, 15) is 0 Å². The molecule has 4 N–H and O–H groups in total. The number of para-hydroxylation sites is 1. The molecule has 5 heteroatoms. The van der Waals surface area contributed by atoms with Crippen molar-refractivity contribution >= 4 is 11.6 Å². The minimum atomic E-state index is 0.0657. The fourth-order valence-electron chi connectivity index (χ4n) is 0.968. The van der Waals surface area contributed by atoms with Crippen LogP contribution in [-0.4, -0.2) is 5.16 Å². The molecule has 0 aliphatic heterocycles. The van der Waals surface area contributed by atoms with Gasteiger partial charge in [0.2, 0.25) is 5.88 Å². The third kappa shape index (κ3) is 1.47. The molecule has 0 saturated carbocycles. The van der Waals surface area contributed by atoms with Crippen LogP contribution in [0.5, 0.6) is 11.6 Å². The molecule has 2 rings (SSSR count). The van der Waals surface area contributed by atoms with E-state index in [1.165, 1.54) is 0 Å². The van der Waals surface area contributed by atoms with E-state index in [-0.39, 0.29) is 17.5 Å². The van der Waals surface area contributed by atoms with E-state index < -0.39 is 0 Å². The van der Waals surface area contributed by atoms with Crippen LogP contribution in [0.15, 0.2) is 34.9 Å². The van der Waals surface area contributed by atoms with Gasteiger partial charge >= 0.3 is 0 Å². The second-order valence-corrected chi connectivity index (χ2v) is 2.68. The Kier molecular flexibility index (Phi) is 1.98. The molecule has 1 aromatic carbocycles. The summed E-state index contributed by atoms with van der Waals surface area (Å²) in [5.41, 5.74) is 11.1. The fourth-order valence-corrected chi connectivity index (χ4v) is 0.968. The molecule has 0 spiro atoms. The Balaban J connectivity index is 2.23. The largest absolute Gasteiger partial charge is 0.435 e. The lowest BCUT2D eigenvalue weighted by atomic mass is 10.3. The maximum Gasteiger partial charge on any atom is 0.285 e. The summed E-state index contributed by atoms with van der Waals surface area (Å²) in [6.07, 6.45) is 0. The molecule has 1 heterocycles. The molecule has 0 aliphatic rings. The summed E-state index contributed by atoms with van der Waals surface area (Å²) in [7, 11) is 0. The van der Waals surface area contributed by atoms with E-state index >= 15 is 0 Å². The predicted octanol–water partition coefficient (Wildman–Crippen LogP) is 1.63. The third-order valence-electron chi connectivity index (χ3n) is 1.68. The maximum atomic E-state index is 5.54. The molecule has 5 nitrogen and oxygen atoms in total. The van der Waals surface area contributed by atoms with Crippen LogP contribution in [0, 0.1) is 0 Å². The van der Waals surface area contributed by atoms with Crippen LogP contribution in [0.2, 0.25) is 0 Å². The Morgan fingerprint density at radius 2 is 1.86 bits per heavy atom. The molecule has 0 aliphatic carbocycles. The molecule has 0 bridgehead atoms. The highest BCUT2D eigenvalue weighted by atomic mass is 16.5. The van der Waals surface area contributed by atoms with Gasteiger partial charge in [0.25, 0.3) is 5.88 Å². The molecule has 0 saturated heterocycles. The van der Waals surface area contributed by atoms with Crippen LogP contribution in [0.1, 0.15) is 0 Å². The number of ether oxygens (including phenoxy) is 1. The van der Waals surface area contributed by atoms with E-state index in [4.69, 9.17) is 16.2 Å². The summed E-state index contributed by atoms with van der Waals surface area (Å²) in [4.78, 5) is 0. The summed E-state index contributed by atoms with van der Waals surface area (Å²) < 4.78 is 9.97. The zero-order valence-electron chi connectivity index (χ0n) is 7.31. The zero-order chi connectivity index (χ0) is 9.97. The number of nitrogen functional groups attached to an aromatic ring is 2. The second kappa shape index (κ2) is 3.29. The first-order valence-corrected chi connectivity index (χ1v) is 4.01. The summed E-state index contributed by atoms with van der Waals surface area (Å²) in [6, 6.07) is 9.13. The van der Waals surface area contributed by atoms with Gasteiger partial charge in [0.15, 0.2) is 5.69 Å². The predicted molar refractivity (Wildman–Crippen MR) is 51.8 cm³/mol. The molecular formula is C9H9N3O2. The molecule has 1 aromatic heterocycles. The molecule has 0 unspecified atom stereocenters. The molecule has 72 valence electrons. The normalized spacial score (nSPS) is 10.0. The van der Waals surface area contributed by atoms with E-state index in [0.717, 1.165) is 0 Å². The van der Waals surface area contributed by atoms with Crippen molar-refractivity contribution in [2.24, 2.45) is 0 Å². The standard InChI is InChI=1S/C9H9N3O2/c10-7-8(11)14-12-9(7)13-6-4-2-1-3-5-6/h1-5H,10-11H2. The first kappa shape index (κ1) is 8.43. The van der Waals surface area contributed by atoms with E-state index in [1.54, 1.807) is 12.1 Å². The van der Waals surface area contributed by atoms with Crippen LogP contribution < -0.4 is 16.2 Å². The van der Waals surface area contributed by atoms with E-state index in [2.05, 4.69) is 9.68 Å². The SMILES string of the molecule is Nc1onc(Oc2ccccc2)c1N. The smallest absolute Gasteiger partial charge is 0.285 e. The molecule has 0 radical (unpaired) electrons. The van der Waals surface area contributed by atoms with Crippen LogP contribution in [-0.2, 0) is 0 Å². The van der Waals surface area contributed by atoms with Crippen molar-refractivity contribution in [3.63, 3.8) is 0 Å². The first-order valence-electron chi connectivity index (χ1n) is 4.01. The quantitative estimate of drug-likeness (QED) is 0.753. The maximum absolute atomic E-state index is 5.54. The number of aromatic nitrogens is 1. The molecule has 0 amide bonds. The number of benzene rings is 1. The Bertz CT molecular complexity index is 425. The molecular weight excluding hydrogens is 182 g/mol. The Hall–Kier alpha value is -2.17. The van der Waals surface area contributed by atoms with Crippen molar-refractivity contribution in [3.8, 4) is 11.6 Å². The monoisotopic (exact) mass is 191 g/mol. The van der Waals surface area contributed by atoms with Crippen molar-refractivity contribution in [3.05, 3.63) is 30.3 Å². The van der Waals surface area contributed by atoms with Crippen molar-refractivity contribution in [1.82, 2.24) is 5.16 Å². The van der Waals surface area contributed by atoms with Gasteiger partial charge in [-0.1, -0.05) is 18.2 Å². The number of anilines is 2. The highest BCUT2D eigenvalue weighted by Gasteiger charge is 2.11. The van der Waals surface area contributed by atoms with Crippen LogP contribution in [0.3, 0.4) is 0 Å². The minimum absolute atomic E-state index is 0.0657. The summed E-state index contributed by atoms with van der Waals surface area (Å²) in [6.45, 7) is 0. The fraction of sp³-hybridized carbons (Fsp3) is 0. The highest BCUT2D eigenvalue weighted by molar-refractivity contribution is 5.63. The van der Waals surface area contributed by atoms with Gasteiger partial charge in [0, 0.05) is 0 Å². The summed E-state index contributed by atoms with van der Waals surface area (Å²) in [5.74, 6) is 0.886. The van der Waals surface area contributed by atoms with Crippen LogP contribution >= 0.6 is 0 Å². The topological polar surface area (TPSA) is 87.3 Å². The number of hydrogen-bond acceptors (Lipinski definition) is 5. The molecule has 0 fully saturated rings. The average molecular weight is 191 g/mol. The number of nitrogens with two attached hydrogens (primary N) is 2. The van der Waals surface area contributed by atoms with Crippen LogP contribution in [0.25, 0.3) is 0 Å². The summed E-state index contributed by atoms with van der Waals surface area (Å²) >= 11 is 0. The lowest BCUT2D eigenvalue weighted by Gasteiger charge is -2.00. The molecule has 0 atom stereocenters. The van der Waals surface area contributed by atoms with Gasteiger partial charge in [0.1, 0.15) is 5.75 Å². The van der Waals surface area contributed by atoms with Crippen LogP contribution in [0.4, 0.5) is 11.6 Å². The van der Waals surface area contributed by atoms with Crippen molar-refractivity contribution in [2.45, 2.75) is 0 Å². The molecule has 2 aromatic rings. The first-order chi connectivity index (χ1) is 6.77. The van der Waals surface area contributed by atoms with Crippen molar-refractivity contribution in [2.75, 3.05) is 11.5 Å². The lowest BCUT2D eigenvalue weighted by molar-refractivity contribution is 0.375. The van der Waals surface area contributed by atoms with Gasteiger partial charge in [-0.05, 0) is 17.3 Å². The lowest BCUT2D eigenvalue weighted by Crippen LogP contribution is -1.92. The Labute approximate surface area is 80.2 Å². The minimum Gasteiger partial charge on any atom is -0.435 e. The highest BCUT2D eigenvalue weighted by Crippen LogP contribution is 2.29. The van der Waals surface area contributed by atoms with E-state index in [0.29, 0.717) is 5.75 Å². The number of hydrogen-bond donors (Lipinski definition) is 2. The third-order valence-corrected chi connectivity index (χ3v) is 1.68.